The van der Waals surface area contributed by atoms with Gasteiger partial charge in [0.1, 0.15) is 11.6 Å². The average Bonchev–Trinajstić information content (AvgIpc) is 2.85. The monoisotopic (exact) mass is 468 g/mol. The van der Waals surface area contributed by atoms with Gasteiger partial charge in [-0.3, -0.25) is 4.79 Å². The minimum absolute atomic E-state index is 0.0123. The van der Waals surface area contributed by atoms with Crippen LogP contribution in [0.1, 0.15) is 30.9 Å². The molecule has 4 rings (SSSR count). The fraction of sp³-hybridized carbons (Fsp3) is 0.320. The molecule has 0 unspecified atom stereocenters. The van der Waals surface area contributed by atoms with Crippen LogP contribution in [0.15, 0.2) is 54.9 Å². The number of anilines is 1. The summed E-state index contributed by atoms with van der Waals surface area (Å²) < 4.78 is 19.3. The third kappa shape index (κ3) is 5.79. The normalized spacial score (nSPS) is 14.2. The summed E-state index contributed by atoms with van der Waals surface area (Å²) in [7, 11) is 0. The molecule has 0 bridgehead atoms. The van der Waals surface area contributed by atoms with Crippen LogP contribution in [0.3, 0.4) is 0 Å². The molecule has 172 valence electrons. The number of hydrogen-bond acceptors (Lipinski definition) is 5. The van der Waals surface area contributed by atoms with Crippen LogP contribution in [0.4, 0.5) is 10.2 Å². The number of halogens is 2. The number of nitrogens with zero attached hydrogens (tertiary/aromatic N) is 3. The predicted molar refractivity (Wildman–Crippen MR) is 126 cm³/mol. The first-order valence-electron chi connectivity index (χ1n) is 11.1. The second-order valence-electron chi connectivity index (χ2n) is 8.01. The maximum Gasteiger partial charge on any atom is 0.263 e. The van der Waals surface area contributed by atoms with Gasteiger partial charge in [-0.15, -0.1) is 0 Å². The van der Waals surface area contributed by atoms with Crippen molar-refractivity contribution < 1.29 is 13.9 Å². The molecular formula is C25H26ClFN4O2. The SMILES string of the molecule is CCc1ccc(Oc2nccnc2N2CCC(C(=O)NCc3ccc(F)c(Cl)c3)CC2)cc1. The van der Waals surface area contributed by atoms with Crippen molar-refractivity contribution in [2.24, 2.45) is 5.92 Å². The molecule has 2 aromatic carbocycles. The van der Waals surface area contributed by atoms with E-state index in [1.165, 1.54) is 17.7 Å². The average molecular weight is 469 g/mol. The summed E-state index contributed by atoms with van der Waals surface area (Å²) in [5.41, 5.74) is 2.00. The number of aryl methyl sites for hydroxylation is 1. The Morgan fingerprint density at radius 1 is 1.12 bits per heavy atom. The summed E-state index contributed by atoms with van der Waals surface area (Å²) in [4.78, 5) is 23.6. The Kier molecular flexibility index (Phi) is 7.40. The molecule has 0 spiro atoms. The molecular weight excluding hydrogens is 443 g/mol. The van der Waals surface area contributed by atoms with E-state index < -0.39 is 5.82 Å². The summed E-state index contributed by atoms with van der Waals surface area (Å²) in [5, 5.41) is 2.99. The molecule has 6 nitrogen and oxygen atoms in total. The van der Waals surface area contributed by atoms with Crippen LogP contribution >= 0.6 is 11.6 Å². The third-order valence-corrected chi connectivity index (χ3v) is 6.10. The van der Waals surface area contributed by atoms with Crippen molar-refractivity contribution in [3.05, 3.63) is 76.8 Å². The molecule has 0 radical (unpaired) electrons. The van der Waals surface area contributed by atoms with Gasteiger partial charge >= 0.3 is 0 Å². The maximum absolute atomic E-state index is 13.3. The minimum atomic E-state index is -0.468. The van der Waals surface area contributed by atoms with E-state index in [9.17, 15) is 9.18 Å². The van der Waals surface area contributed by atoms with Gasteiger partial charge in [0.2, 0.25) is 5.91 Å². The Morgan fingerprint density at radius 3 is 2.52 bits per heavy atom. The van der Waals surface area contributed by atoms with Gasteiger partial charge in [0.05, 0.1) is 5.02 Å². The van der Waals surface area contributed by atoms with Crippen LogP contribution in [-0.4, -0.2) is 29.0 Å². The van der Waals surface area contributed by atoms with Crippen molar-refractivity contribution in [1.82, 2.24) is 15.3 Å². The fourth-order valence-electron chi connectivity index (χ4n) is 3.85. The number of carbonyl (C=O) groups excluding carboxylic acids is 1. The zero-order chi connectivity index (χ0) is 23.2. The van der Waals surface area contributed by atoms with Gasteiger partial charge in [-0.05, 0) is 54.7 Å². The molecule has 1 aliphatic rings. The second-order valence-corrected chi connectivity index (χ2v) is 8.42. The van der Waals surface area contributed by atoms with E-state index in [-0.39, 0.29) is 16.8 Å². The molecule has 1 fully saturated rings. The smallest absolute Gasteiger partial charge is 0.263 e. The molecule has 3 aromatic rings. The summed E-state index contributed by atoms with van der Waals surface area (Å²) in [6.07, 6.45) is 5.61. The molecule has 33 heavy (non-hydrogen) atoms. The fourth-order valence-corrected chi connectivity index (χ4v) is 4.05. The number of nitrogens with one attached hydrogen (secondary N) is 1. The lowest BCUT2D eigenvalue weighted by atomic mass is 9.96. The number of ether oxygens (including phenoxy) is 1. The number of piperidine rings is 1. The largest absolute Gasteiger partial charge is 0.436 e. The standard InChI is InChI=1S/C25H26ClFN4O2/c1-2-17-3-6-20(7-4-17)33-25-23(28-11-12-29-25)31-13-9-19(10-14-31)24(32)30-16-18-5-8-22(27)21(26)15-18/h3-8,11-12,15,19H,2,9-10,13-14,16H2,1H3,(H,30,32). The lowest BCUT2D eigenvalue weighted by molar-refractivity contribution is -0.125. The van der Waals surface area contributed by atoms with Crippen LogP contribution in [0.5, 0.6) is 11.6 Å². The molecule has 8 heteroatoms. The van der Waals surface area contributed by atoms with Crippen LogP contribution in [0.25, 0.3) is 0 Å². The van der Waals surface area contributed by atoms with E-state index in [0.29, 0.717) is 49.9 Å². The first-order chi connectivity index (χ1) is 16.0. The number of hydrogen-bond donors (Lipinski definition) is 1. The molecule has 1 N–H and O–H groups in total. The van der Waals surface area contributed by atoms with Gasteiger partial charge in [0.25, 0.3) is 5.88 Å². The van der Waals surface area contributed by atoms with Crippen molar-refractivity contribution in [2.75, 3.05) is 18.0 Å². The van der Waals surface area contributed by atoms with Crippen molar-refractivity contribution in [1.29, 1.82) is 0 Å². The Balaban J connectivity index is 1.33. The van der Waals surface area contributed by atoms with Crippen molar-refractivity contribution >= 4 is 23.3 Å². The molecule has 1 aromatic heterocycles. The van der Waals surface area contributed by atoms with Crippen molar-refractivity contribution in [3.8, 4) is 11.6 Å². The summed E-state index contributed by atoms with van der Waals surface area (Å²) in [5.74, 6) is 1.27. The predicted octanol–water partition coefficient (Wildman–Crippen LogP) is 5.16. The number of amides is 1. The molecule has 1 aliphatic heterocycles. The quantitative estimate of drug-likeness (QED) is 0.519. The van der Waals surface area contributed by atoms with E-state index in [4.69, 9.17) is 16.3 Å². The molecule has 0 atom stereocenters. The maximum atomic E-state index is 13.3. The van der Waals surface area contributed by atoms with Gasteiger partial charge in [-0.2, -0.15) is 0 Å². The Morgan fingerprint density at radius 2 is 1.82 bits per heavy atom. The first-order valence-corrected chi connectivity index (χ1v) is 11.5. The Hall–Kier alpha value is -3.19. The van der Waals surface area contributed by atoms with Crippen LogP contribution in [0, 0.1) is 11.7 Å². The van der Waals surface area contributed by atoms with E-state index >= 15 is 0 Å². The first kappa shape index (κ1) is 23.0. The van der Waals surface area contributed by atoms with Gasteiger partial charge in [0, 0.05) is 37.9 Å². The number of benzene rings is 2. The molecule has 1 saturated heterocycles. The van der Waals surface area contributed by atoms with Crippen molar-refractivity contribution in [2.45, 2.75) is 32.7 Å². The molecule has 0 aliphatic carbocycles. The lowest BCUT2D eigenvalue weighted by Crippen LogP contribution is -2.40. The topological polar surface area (TPSA) is 67.4 Å². The van der Waals surface area contributed by atoms with Crippen molar-refractivity contribution in [3.63, 3.8) is 0 Å². The number of aromatic nitrogens is 2. The minimum Gasteiger partial charge on any atom is -0.436 e. The number of rotatable bonds is 7. The molecule has 0 saturated carbocycles. The third-order valence-electron chi connectivity index (χ3n) is 5.81. The van der Waals surface area contributed by atoms with E-state index in [2.05, 4.69) is 27.1 Å². The van der Waals surface area contributed by atoms with Gasteiger partial charge in [-0.25, -0.2) is 14.4 Å². The molecule has 2 heterocycles. The van der Waals surface area contributed by atoms with Crippen LogP contribution < -0.4 is 15.0 Å². The highest BCUT2D eigenvalue weighted by Gasteiger charge is 2.27. The van der Waals surface area contributed by atoms with E-state index in [1.807, 2.05) is 24.3 Å². The van der Waals surface area contributed by atoms with Gasteiger partial charge < -0.3 is 15.0 Å². The number of carbonyl (C=O) groups is 1. The lowest BCUT2D eigenvalue weighted by Gasteiger charge is -2.32. The zero-order valence-electron chi connectivity index (χ0n) is 18.4. The van der Waals surface area contributed by atoms with Gasteiger partial charge in [-0.1, -0.05) is 36.7 Å². The van der Waals surface area contributed by atoms with Crippen LogP contribution in [-0.2, 0) is 17.8 Å². The van der Waals surface area contributed by atoms with Crippen LogP contribution in [0.2, 0.25) is 5.02 Å². The highest BCUT2D eigenvalue weighted by molar-refractivity contribution is 6.30. The Bertz CT molecular complexity index is 1100. The summed E-state index contributed by atoms with van der Waals surface area (Å²) in [6.45, 7) is 3.77. The highest BCUT2D eigenvalue weighted by Crippen LogP contribution is 2.31. The molecule has 1 amide bonds. The van der Waals surface area contributed by atoms with E-state index in [1.54, 1.807) is 18.5 Å². The zero-order valence-corrected chi connectivity index (χ0v) is 19.2. The van der Waals surface area contributed by atoms with E-state index in [0.717, 1.165) is 12.0 Å². The second kappa shape index (κ2) is 10.6. The highest BCUT2D eigenvalue weighted by atomic mass is 35.5. The van der Waals surface area contributed by atoms with Gasteiger partial charge in [0.15, 0.2) is 5.82 Å². The Labute approximate surface area is 197 Å². The summed E-state index contributed by atoms with van der Waals surface area (Å²) in [6, 6.07) is 12.4. The summed E-state index contributed by atoms with van der Waals surface area (Å²) >= 11 is 5.81.